The molecule has 1 aromatic heterocycles. The quantitative estimate of drug-likeness (QED) is 0.607. The van der Waals surface area contributed by atoms with Gasteiger partial charge in [-0.1, -0.05) is 18.2 Å². The number of aromatic nitrogens is 1. The third-order valence-electron chi connectivity index (χ3n) is 4.87. The Morgan fingerprint density at radius 1 is 1.00 bits per heavy atom. The standard InChI is InChI=1S/C22H25NO5/c1-26-19-12-15(13-20(27-2)21(19)24)8-4-5-9-16-14-23(22(25)28-3)18-11-7-6-10-17(16)18/h6-7,10-14,24H,4-5,8-9H2,1-3H3. The molecule has 6 heteroatoms. The van der Waals surface area contributed by atoms with Crippen molar-refractivity contribution in [2.24, 2.45) is 0 Å². The van der Waals surface area contributed by atoms with Crippen LogP contribution in [0.5, 0.6) is 17.2 Å². The molecule has 1 N–H and O–H groups in total. The van der Waals surface area contributed by atoms with E-state index in [1.807, 2.05) is 42.6 Å². The summed E-state index contributed by atoms with van der Waals surface area (Å²) in [6.45, 7) is 0. The minimum absolute atomic E-state index is 0.0179. The van der Waals surface area contributed by atoms with Crippen LogP contribution in [0.1, 0.15) is 24.0 Å². The summed E-state index contributed by atoms with van der Waals surface area (Å²) in [5.41, 5.74) is 3.03. The van der Waals surface area contributed by atoms with Gasteiger partial charge >= 0.3 is 6.09 Å². The smallest absolute Gasteiger partial charge is 0.418 e. The first kappa shape index (κ1) is 19.6. The summed E-state index contributed by atoms with van der Waals surface area (Å²) < 4.78 is 16.9. The maximum Gasteiger partial charge on any atom is 0.418 e. The van der Waals surface area contributed by atoms with Gasteiger partial charge in [-0.2, -0.15) is 0 Å². The molecule has 1 heterocycles. The minimum atomic E-state index is -0.384. The highest BCUT2D eigenvalue weighted by Crippen LogP contribution is 2.37. The topological polar surface area (TPSA) is 69.9 Å². The monoisotopic (exact) mass is 383 g/mol. The van der Waals surface area contributed by atoms with Crippen LogP contribution in [-0.4, -0.2) is 37.1 Å². The predicted octanol–water partition coefficient (Wildman–Crippen LogP) is 4.54. The van der Waals surface area contributed by atoms with E-state index in [2.05, 4.69) is 0 Å². The summed E-state index contributed by atoms with van der Waals surface area (Å²) in [6.07, 6.45) is 5.09. The molecule has 2 aromatic carbocycles. The number of ether oxygens (including phenoxy) is 3. The van der Waals surface area contributed by atoms with Crippen LogP contribution in [0.25, 0.3) is 10.9 Å². The number of fused-ring (bicyclic) bond motifs is 1. The number of nitrogens with zero attached hydrogens (tertiary/aromatic N) is 1. The van der Waals surface area contributed by atoms with E-state index in [9.17, 15) is 9.90 Å². The molecule has 0 saturated heterocycles. The molecule has 0 saturated carbocycles. The molecule has 28 heavy (non-hydrogen) atoms. The molecular formula is C22H25NO5. The number of rotatable bonds is 7. The summed E-state index contributed by atoms with van der Waals surface area (Å²) in [4.78, 5) is 12.0. The number of methoxy groups -OCH3 is 3. The summed E-state index contributed by atoms with van der Waals surface area (Å²) in [7, 11) is 4.43. The molecule has 0 amide bonds. The minimum Gasteiger partial charge on any atom is -0.502 e. The number of aromatic hydroxyl groups is 1. The van der Waals surface area contributed by atoms with E-state index in [0.717, 1.165) is 47.7 Å². The molecule has 3 aromatic rings. The van der Waals surface area contributed by atoms with Crippen molar-refractivity contribution in [1.29, 1.82) is 0 Å². The van der Waals surface area contributed by atoms with Gasteiger partial charge in [0, 0.05) is 11.6 Å². The van der Waals surface area contributed by atoms with Gasteiger partial charge in [0.1, 0.15) is 0 Å². The Hall–Kier alpha value is -3.15. The lowest BCUT2D eigenvalue weighted by Gasteiger charge is -2.11. The highest BCUT2D eigenvalue weighted by Gasteiger charge is 2.14. The second-order valence-electron chi connectivity index (χ2n) is 6.57. The van der Waals surface area contributed by atoms with Crippen LogP contribution < -0.4 is 9.47 Å². The Morgan fingerprint density at radius 3 is 2.29 bits per heavy atom. The maximum atomic E-state index is 12.0. The van der Waals surface area contributed by atoms with Gasteiger partial charge in [0.25, 0.3) is 0 Å². The summed E-state index contributed by atoms with van der Waals surface area (Å²) in [5, 5.41) is 11.1. The molecule has 0 radical (unpaired) electrons. The van der Waals surface area contributed by atoms with Crippen molar-refractivity contribution in [2.45, 2.75) is 25.7 Å². The number of hydrogen-bond donors (Lipinski definition) is 1. The Kier molecular flexibility index (Phi) is 6.09. The second-order valence-corrected chi connectivity index (χ2v) is 6.57. The third-order valence-corrected chi connectivity index (χ3v) is 4.87. The van der Waals surface area contributed by atoms with Gasteiger partial charge in [0.15, 0.2) is 11.5 Å². The first-order valence-electron chi connectivity index (χ1n) is 9.20. The van der Waals surface area contributed by atoms with Gasteiger partial charge in [0.05, 0.1) is 26.8 Å². The number of phenols is 1. The molecule has 0 unspecified atom stereocenters. The molecule has 148 valence electrons. The number of phenolic OH excluding ortho intramolecular Hbond substituents is 1. The largest absolute Gasteiger partial charge is 0.502 e. The van der Waals surface area contributed by atoms with Crippen molar-refractivity contribution in [1.82, 2.24) is 4.57 Å². The molecule has 3 rings (SSSR count). The molecule has 0 spiro atoms. The third kappa shape index (κ3) is 3.91. The maximum absolute atomic E-state index is 12.0. The number of carbonyl (C=O) groups excluding carboxylic acids is 1. The number of aryl methyl sites for hydroxylation is 2. The zero-order chi connectivity index (χ0) is 20.1. The summed E-state index contributed by atoms with van der Waals surface area (Å²) in [5.74, 6) is 0.843. The fraction of sp³-hybridized carbons (Fsp3) is 0.318. The van der Waals surface area contributed by atoms with E-state index in [1.54, 1.807) is 4.57 Å². The number of hydrogen-bond acceptors (Lipinski definition) is 5. The Bertz CT molecular complexity index is 951. The van der Waals surface area contributed by atoms with Gasteiger partial charge in [0.2, 0.25) is 5.75 Å². The van der Waals surface area contributed by atoms with Crippen molar-refractivity contribution in [3.05, 3.63) is 53.7 Å². The molecule has 6 nitrogen and oxygen atoms in total. The second kappa shape index (κ2) is 8.69. The molecular weight excluding hydrogens is 358 g/mol. The molecule has 0 fully saturated rings. The van der Waals surface area contributed by atoms with Gasteiger partial charge in [-0.25, -0.2) is 4.79 Å². The van der Waals surface area contributed by atoms with Crippen molar-refractivity contribution in [3.8, 4) is 17.2 Å². The van der Waals surface area contributed by atoms with Crippen LogP contribution >= 0.6 is 0 Å². The lowest BCUT2D eigenvalue weighted by Crippen LogP contribution is -2.09. The first-order valence-corrected chi connectivity index (χ1v) is 9.20. The number of para-hydroxylation sites is 1. The van der Waals surface area contributed by atoms with E-state index in [1.165, 1.54) is 21.3 Å². The zero-order valence-electron chi connectivity index (χ0n) is 16.4. The Morgan fingerprint density at radius 2 is 1.64 bits per heavy atom. The molecule has 0 aliphatic rings. The Labute approximate surface area is 164 Å². The average Bonchev–Trinajstić information content (AvgIpc) is 3.10. The van der Waals surface area contributed by atoms with Crippen LogP contribution in [0.3, 0.4) is 0 Å². The number of benzene rings is 2. The highest BCUT2D eigenvalue weighted by atomic mass is 16.5. The van der Waals surface area contributed by atoms with Crippen molar-refractivity contribution in [2.75, 3.05) is 21.3 Å². The average molecular weight is 383 g/mol. The molecule has 0 aliphatic heterocycles. The molecule has 0 bridgehead atoms. The van der Waals surface area contributed by atoms with E-state index in [4.69, 9.17) is 14.2 Å². The van der Waals surface area contributed by atoms with Crippen LogP contribution in [0.4, 0.5) is 4.79 Å². The Balaban J connectivity index is 1.69. The van der Waals surface area contributed by atoms with Crippen molar-refractivity contribution >= 4 is 17.0 Å². The van der Waals surface area contributed by atoms with Crippen LogP contribution in [0.15, 0.2) is 42.6 Å². The van der Waals surface area contributed by atoms with E-state index in [-0.39, 0.29) is 11.8 Å². The normalized spacial score (nSPS) is 10.8. The number of carbonyl (C=O) groups is 1. The van der Waals surface area contributed by atoms with Crippen molar-refractivity contribution < 1.29 is 24.1 Å². The zero-order valence-corrected chi connectivity index (χ0v) is 16.4. The van der Waals surface area contributed by atoms with E-state index < -0.39 is 0 Å². The van der Waals surface area contributed by atoms with Crippen molar-refractivity contribution in [3.63, 3.8) is 0 Å². The van der Waals surface area contributed by atoms with Gasteiger partial charge < -0.3 is 19.3 Å². The predicted molar refractivity (Wildman–Crippen MR) is 108 cm³/mol. The fourth-order valence-corrected chi connectivity index (χ4v) is 3.44. The highest BCUT2D eigenvalue weighted by molar-refractivity contribution is 5.91. The van der Waals surface area contributed by atoms with Crippen LogP contribution in [0.2, 0.25) is 0 Å². The van der Waals surface area contributed by atoms with Gasteiger partial charge in [-0.05, 0) is 55.0 Å². The summed E-state index contributed by atoms with van der Waals surface area (Å²) in [6, 6.07) is 11.5. The fourth-order valence-electron chi connectivity index (χ4n) is 3.44. The van der Waals surface area contributed by atoms with Gasteiger partial charge in [-0.15, -0.1) is 0 Å². The lowest BCUT2D eigenvalue weighted by atomic mass is 10.0. The van der Waals surface area contributed by atoms with E-state index >= 15 is 0 Å². The molecule has 0 atom stereocenters. The van der Waals surface area contributed by atoms with Gasteiger partial charge in [-0.3, -0.25) is 4.57 Å². The lowest BCUT2D eigenvalue weighted by molar-refractivity contribution is 0.174. The first-order chi connectivity index (χ1) is 13.6. The van der Waals surface area contributed by atoms with Crippen LogP contribution in [0, 0.1) is 0 Å². The number of unbranched alkanes of at least 4 members (excludes halogenated alkanes) is 1. The molecule has 0 aliphatic carbocycles. The summed E-state index contributed by atoms with van der Waals surface area (Å²) >= 11 is 0. The van der Waals surface area contributed by atoms with Crippen LogP contribution in [-0.2, 0) is 17.6 Å². The van der Waals surface area contributed by atoms with E-state index in [0.29, 0.717) is 11.5 Å². The SMILES string of the molecule is COC(=O)n1cc(CCCCc2cc(OC)c(O)c(OC)c2)c2ccccc21.